The maximum absolute atomic E-state index is 13.1. The van der Waals surface area contributed by atoms with Gasteiger partial charge in [0.05, 0.1) is 17.5 Å². The molecular weight excluding hydrogens is 442 g/mol. The number of piperazine rings is 1. The summed E-state index contributed by atoms with van der Waals surface area (Å²) in [6.45, 7) is 2.85. The number of amides is 1. The lowest BCUT2D eigenvalue weighted by Crippen LogP contribution is -2.51. The first-order valence-electron chi connectivity index (χ1n) is 11.5. The highest BCUT2D eigenvalue weighted by Crippen LogP contribution is 2.33. The van der Waals surface area contributed by atoms with Crippen LogP contribution in [-0.2, 0) is 21.2 Å². The molecule has 0 spiro atoms. The van der Waals surface area contributed by atoms with E-state index >= 15 is 0 Å². The lowest BCUT2D eigenvalue weighted by molar-refractivity contribution is -0.123. The molecule has 1 aliphatic carbocycles. The number of carbonyl (C=O) groups is 1. The van der Waals surface area contributed by atoms with Crippen LogP contribution in [0, 0.1) is 0 Å². The van der Waals surface area contributed by atoms with E-state index in [-0.39, 0.29) is 23.4 Å². The second-order valence-electron chi connectivity index (χ2n) is 8.70. The number of nitrogens with zero attached hydrogens (tertiary/aromatic N) is 2. The number of nitrogens with one attached hydrogen (secondary N) is 1. The predicted octanol–water partition coefficient (Wildman–Crippen LogP) is 1.96. The van der Waals surface area contributed by atoms with Gasteiger partial charge >= 0.3 is 0 Å². The zero-order chi connectivity index (χ0) is 22.8. The Labute approximate surface area is 194 Å². The molecule has 0 saturated carbocycles. The standard InChI is InChI=1S/C24H29N3O5S/c28-24(25-21-7-3-5-18-4-1-2-6-20(18)21)17-26-10-12-27(13-11-26)33(29,30)19-8-9-22-23(16-19)32-15-14-31-22/h1-2,4,6,8-9,16,21H,3,5,7,10-15,17H2,(H,25,28)/t21-/m1/s1. The van der Waals surface area contributed by atoms with Crippen LogP contribution in [0.3, 0.4) is 0 Å². The first-order valence-corrected chi connectivity index (χ1v) is 12.9. The SMILES string of the molecule is O=C(CN1CCN(S(=O)(=O)c2ccc3c(c2)OCCO3)CC1)N[C@@H]1CCCc2ccccc21. The van der Waals surface area contributed by atoms with Crippen LogP contribution in [0.5, 0.6) is 11.5 Å². The number of hydrogen-bond donors (Lipinski definition) is 1. The van der Waals surface area contributed by atoms with E-state index in [0.717, 1.165) is 19.3 Å². The van der Waals surface area contributed by atoms with Crippen molar-refractivity contribution >= 4 is 15.9 Å². The van der Waals surface area contributed by atoms with E-state index in [1.807, 2.05) is 17.0 Å². The molecule has 0 aromatic heterocycles. The van der Waals surface area contributed by atoms with Gasteiger partial charge in [0.25, 0.3) is 0 Å². The van der Waals surface area contributed by atoms with Crippen molar-refractivity contribution in [2.24, 2.45) is 0 Å². The van der Waals surface area contributed by atoms with Crippen LogP contribution >= 0.6 is 0 Å². The Morgan fingerprint density at radius 3 is 2.58 bits per heavy atom. The van der Waals surface area contributed by atoms with Crippen molar-refractivity contribution in [3.8, 4) is 11.5 Å². The van der Waals surface area contributed by atoms with Crippen LogP contribution in [0.1, 0.15) is 30.0 Å². The van der Waals surface area contributed by atoms with Crippen LogP contribution in [-0.4, -0.2) is 69.5 Å². The molecule has 0 radical (unpaired) electrons. The molecule has 1 atom stereocenters. The molecule has 3 aliphatic rings. The van der Waals surface area contributed by atoms with Gasteiger partial charge in [-0.2, -0.15) is 4.31 Å². The molecule has 1 N–H and O–H groups in total. The minimum Gasteiger partial charge on any atom is -0.486 e. The molecule has 176 valence electrons. The van der Waals surface area contributed by atoms with Crippen LogP contribution < -0.4 is 14.8 Å². The summed E-state index contributed by atoms with van der Waals surface area (Å²) in [5.74, 6) is 1.01. The van der Waals surface area contributed by atoms with E-state index < -0.39 is 10.0 Å². The Morgan fingerprint density at radius 2 is 1.76 bits per heavy atom. The van der Waals surface area contributed by atoms with Crippen LogP contribution in [0.25, 0.3) is 0 Å². The van der Waals surface area contributed by atoms with Crippen molar-refractivity contribution in [1.82, 2.24) is 14.5 Å². The number of benzene rings is 2. The number of aryl methyl sites for hydroxylation is 1. The van der Waals surface area contributed by atoms with Gasteiger partial charge in [-0.05, 0) is 42.5 Å². The molecule has 0 bridgehead atoms. The third kappa shape index (κ3) is 4.71. The van der Waals surface area contributed by atoms with E-state index in [2.05, 4.69) is 17.4 Å². The van der Waals surface area contributed by atoms with E-state index in [9.17, 15) is 13.2 Å². The quantitative estimate of drug-likeness (QED) is 0.717. The fourth-order valence-corrected chi connectivity index (χ4v) is 6.25. The molecule has 2 aliphatic heterocycles. The van der Waals surface area contributed by atoms with Crippen molar-refractivity contribution < 1.29 is 22.7 Å². The highest BCUT2D eigenvalue weighted by Gasteiger charge is 2.31. The van der Waals surface area contributed by atoms with Crippen molar-refractivity contribution in [3.63, 3.8) is 0 Å². The summed E-state index contributed by atoms with van der Waals surface area (Å²) < 4.78 is 38.7. The monoisotopic (exact) mass is 471 g/mol. The maximum atomic E-state index is 13.1. The predicted molar refractivity (Wildman–Crippen MR) is 123 cm³/mol. The number of rotatable bonds is 5. The lowest BCUT2D eigenvalue weighted by atomic mass is 9.88. The van der Waals surface area contributed by atoms with Gasteiger partial charge in [0.2, 0.25) is 15.9 Å². The molecular formula is C24H29N3O5S. The average Bonchev–Trinajstić information content (AvgIpc) is 2.84. The van der Waals surface area contributed by atoms with E-state index in [1.165, 1.54) is 21.5 Å². The fourth-order valence-electron chi connectivity index (χ4n) is 4.81. The molecule has 1 amide bonds. The summed E-state index contributed by atoms with van der Waals surface area (Å²) in [4.78, 5) is 14.9. The summed E-state index contributed by atoms with van der Waals surface area (Å²) in [6.07, 6.45) is 3.07. The number of carbonyl (C=O) groups excluding carboxylic acids is 1. The van der Waals surface area contributed by atoms with E-state index in [4.69, 9.17) is 9.47 Å². The van der Waals surface area contributed by atoms with Gasteiger partial charge < -0.3 is 14.8 Å². The third-order valence-electron chi connectivity index (χ3n) is 6.55. The summed E-state index contributed by atoms with van der Waals surface area (Å²) in [6, 6.07) is 13.1. The molecule has 1 saturated heterocycles. The summed E-state index contributed by atoms with van der Waals surface area (Å²) >= 11 is 0. The normalized spacial score (nSPS) is 21.3. The average molecular weight is 472 g/mol. The second kappa shape index (κ2) is 9.32. The Kier molecular flexibility index (Phi) is 6.27. The summed E-state index contributed by atoms with van der Waals surface area (Å²) in [5.41, 5.74) is 2.53. The molecule has 1 fully saturated rings. The zero-order valence-corrected chi connectivity index (χ0v) is 19.4. The van der Waals surface area contributed by atoms with Gasteiger partial charge in [-0.15, -0.1) is 0 Å². The van der Waals surface area contributed by atoms with Crippen molar-refractivity contribution in [2.45, 2.75) is 30.2 Å². The number of fused-ring (bicyclic) bond motifs is 2. The minimum absolute atomic E-state index is 0.0140. The van der Waals surface area contributed by atoms with Crippen molar-refractivity contribution in [2.75, 3.05) is 45.9 Å². The second-order valence-corrected chi connectivity index (χ2v) is 10.6. The molecule has 2 heterocycles. The highest BCUT2D eigenvalue weighted by atomic mass is 32.2. The van der Waals surface area contributed by atoms with Crippen molar-refractivity contribution in [1.29, 1.82) is 0 Å². The molecule has 2 aromatic carbocycles. The molecule has 8 nitrogen and oxygen atoms in total. The third-order valence-corrected chi connectivity index (χ3v) is 8.45. The van der Waals surface area contributed by atoms with Crippen LogP contribution in [0.4, 0.5) is 0 Å². The van der Waals surface area contributed by atoms with Crippen molar-refractivity contribution in [3.05, 3.63) is 53.6 Å². The fraction of sp³-hybridized carbons (Fsp3) is 0.458. The number of hydrogen-bond acceptors (Lipinski definition) is 6. The van der Waals surface area contributed by atoms with Gasteiger partial charge in [-0.25, -0.2) is 8.42 Å². The van der Waals surface area contributed by atoms with E-state index in [1.54, 1.807) is 12.1 Å². The summed E-state index contributed by atoms with van der Waals surface area (Å²) in [5, 5.41) is 3.18. The Hall–Kier alpha value is -2.62. The summed E-state index contributed by atoms with van der Waals surface area (Å²) in [7, 11) is -3.63. The number of ether oxygens (including phenoxy) is 2. The van der Waals surface area contributed by atoms with Gasteiger partial charge in [-0.3, -0.25) is 9.69 Å². The van der Waals surface area contributed by atoms with Gasteiger partial charge in [0.15, 0.2) is 11.5 Å². The Bertz CT molecular complexity index is 1130. The smallest absolute Gasteiger partial charge is 0.243 e. The topological polar surface area (TPSA) is 88.2 Å². The van der Waals surface area contributed by atoms with E-state index in [0.29, 0.717) is 50.9 Å². The van der Waals surface area contributed by atoms with Crippen LogP contribution in [0.2, 0.25) is 0 Å². The first kappa shape index (κ1) is 22.2. The zero-order valence-electron chi connectivity index (χ0n) is 18.5. The largest absolute Gasteiger partial charge is 0.486 e. The lowest BCUT2D eigenvalue weighted by Gasteiger charge is -2.34. The molecule has 5 rings (SSSR count). The molecule has 33 heavy (non-hydrogen) atoms. The van der Waals surface area contributed by atoms with Gasteiger partial charge in [-0.1, -0.05) is 24.3 Å². The van der Waals surface area contributed by atoms with Gasteiger partial charge in [0.1, 0.15) is 13.2 Å². The van der Waals surface area contributed by atoms with Gasteiger partial charge in [0, 0.05) is 32.2 Å². The Morgan fingerprint density at radius 1 is 1.00 bits per heavy atom. The Balaban J connectivity index is 1.16. The maximum Gasteiger partial charge on any atom is 0.243 e. The molecule has 2 aromatic rings. The minimum atomic E-state index is -3.63. The molecule has 0 unspecified atom stereocenters. The molecule has 9 heteroatoms. The highest BCUT2D eigenvalue weighted by molar-refractivity contribution is 7.89. The number of sulfonamides is 1. The van der Waals surface area contributed by atoms with Crippen LogP contribution in [0.15, 0.2) is 47.4 Å². The first-order chi connectivity index (χ1) is 16.0.